The zero-order valence-electron chi connectivity index (χ0n) is 16.1. The Hall–Kier alpha value is -3.21. The van der Waals surface area contributed by atoms with E-state index in [0.29, 0.717) is 11.3 Å². The van der Waals surface area contributed by atoms with Crippen LogP contribution in [0.4, 0.5) is 13.2 Å². The molecule has 0 bridgehead atoms. The van der Waals surface area contributed by atoms with Gasteiger partial charge in [0.25, 0.3) is 0 Å². The largest absolute Gasteiger partial charge is 0.497 e. The third-order valence-corrected chi connectivity index (χ3v) is 4.48. The van der Waals surface area contributed by atoms with Crippen LogP contribution in [0.25, 0.3) is 6.08 Å². The fraction of sp³-hybridized carbons (Fsp3) is 0.167. The van der Waals surface area contributed by atoms with Crippen LogP contribution in [-0.4, -0.2) is 18.2 Å². The van der Waals surface area contributed by atoms with Crippen LogP contribution in [-0.2, 0) is 13.1 Å². The molecular formula is C24H22F3NO. The monoisotopic (exact) mass is 397 g/mol. The summed E-state index contributed by atoms with van der Waals surface area (Å²) in [5, 5.41) is 0. The van der Waals surface area contributed by atoms with E-state index in [1.807, 2.05) is 60.7 Å². The summed E-state index contributed by atoms with van der Waals surface area (Å²) < 4.78 is 47.3. The lowest BCUT2D eigenvalue weighted by Gasteiger charge is -2.29. The fourth-order valence-corrected chi connectivity index (χ4v) is 3.04. The van der Waals surface area contributed by atoms with Gasteiger partial charge in [0.2, 0.25) is 0 Å². The lowest BCUT2D eigenvalue weighted by Crippen LogP contribution is -2.31. The van der Waals surface area contributed by atoms with Gasteiger partial charge in [-0.3, -0.25) is 0 Å². The molecule has 0 aromatic heterocycles. The van der Waals surface area contributed by atoms with Crippen LogP contribution < -0.4 is 4.74 Å². The van der Waals surface area contributed by atoms with Crippen molar-refractivity contribution in [1.82, 2.24) is 4.90 Å². The molecule has 150 valence electrons. The van der Waals surface area contributed by atoms with E-state index >= 15 is 0 Å². The molecule has 0 spiro atoms. The fourth-order valence-electron chi connectivity index (χ4n) is 3.04. The van der Waals surface area contributed by atoms with Gasteiger partial charge in [0.05, 0.1) is 7.11 Å². The summed E-state index contributed by atoms with van der Waals surface area (Å²) in [7, 11) is 1.52. The van der Waals surface area contributed by atoms with Gasteiger partial charge in [0, 0.05) is 13.1 Å². The SMILES string of the molecule is COc1ccc(/C=C(\N(Cc2ccccc2)Cc2ccccc2)C(F)(F)F)cc1. The average molecular weight is 397 g/mol. The molecule has 0 aliphatic rings. The molecule has 0 saturated heterocycles. The second-order valence-electron chi connectivity index (χ2n) is 6.63. The molecule has 0 radical (unpaired) electrons. The van der Waals surface area contributed by atoms with Crippen molar-refractivity contribution in [3.8, 4) is 5.75 Å². The smallest absolute Gasteiger partial charge is 0.431 e. The van der Waals surface area contributed by atoms with Gasteiger partial charge in [-0.1, -0.05) is 72.8 Å². The van der Waals surface area contributed by atoms with Gasteiger partial charge >= 0.3 is 6.18 Å². The van der Waals surface area contributed by atoms with Gasteiger partial charge in [-0.2, -0.15) is 13.2 Å². The minimum atomic E-state index is -4.50. The van der Waals surface area contributed by atoms with E-state index < -0.39 is 11.9 Å². The summed E-state index contributed by atoms with van der Waals surface area (Å²) in [5.74, 6) is 0.598. The molecule has 29 heavy (non-hydrogen) atoms. The summed E-state index contributed by atoms with van der Waals surface area (Å²) in [6.07, 6.45) is -3.31. The summed E-state index contributed by atoms with van der Waals surface area (Å²) in [4.78, 5) is 1.37. The highest BCUT2D eigenvalue weighted by Gasteiger charge is 2.37. The van der Waals surface area contributed by atoms with Crippen LogP contribution in [0.15, 0.2) is 90.6 Å². The van der Waals surface area contributed by atoms with Crippen LogP contribution in [0, 0.1) is 0 Å². The minimum Gasteiger partial charge on any atom is -0.497 e. The van der Waals surface area contributed by atoms with E-state index in [-0.39, 0.29) is 13.1 Å². The van der Waals surface area contributed by atoms with Crippen molar-refractivity contribution in [2.45, 2.75) is 19.3 Å². The van der Waals surface area contributed by atoms with E-state index in [1.165, 1.54) is 18.1 Å². The van der Waals surface area contributed by atoms with Crippen LogP contribution in [0.3, 0.4) is 0 Å². The first-order chi connectivity index (χ1) is 14.0. The van der Waals surface area contributed by atoms with Gasteiger partial charge in [-0.25, -0.2) is 0 Å². The van der Waals surface area contributed by atoms with Crippen molar-refractivity contribution in [3.63, 3.8) is 0 Å². The van der Waals surface area contributed by atoms with Crippen LogP contribution in [0.1, 0.15) is 16.7 Å². The molecule has 3 rings (SSSR count). The Kier molecular flexibility index (Phi) is 6.60. The number of alkyl halides is 3. The van der Waals surface area contributed by atoms with Crippen LogP contribution >= 0.6 is 0 Å². The summed E-state index contributed by atoms with van der Waals surface area (Å²) in [6, 6.07) is 24.9. The Morgan fingerprint density at radius 2 is 1.28 bits per heavy atom. The van der Waals surface area contributed by atoms with Crippen molar-refractivity contribution in [3.05, 3.63) is 107 Å². The normalized spacial score (nSPS) is 11.9. The molecule has 0 saturated carbocycles. The first-order valence-electron chi connectivity index (χ1n) is 9.21. The molecule has 0 atom stereocenters. The standard InChI is InChI=1S/C24H22F3NO/c1-29-22-14-12-19(13-15-22)16-23(24(25,26)27)28(17-20-8-4-2-5-9-20)18-21-10-6-3-7-11-21/h2-16H,17-18H2,1H3/b23-16-. The maximum atomic E-state index is 14.1. The molecule has 0 amide bonds. The highest BCUT2D eigenvalue weighted by molar-refractivity contribution is 5.55. The molecule has 3 aromatic rings. The van der Waals surface area contributed by atoms with Gasteiger partial charge in [-0.05, 0) is 34.9 Å². The average Bonchev–Trinajstić information content (AvgIpc) is 2.73. The topological polar surface area (TPSA) is 12.5 Å². The maximum Gasteiger partial charge on any atom is 0.431 e. The van der Waals surface area contributed by atoms with E-state index in [1.54, 1.807) is 24.3 Å². The van der Waals surface area contributed by atoms with Gasteiger partial charge in [0.1, 0.15) is 11.4 Å². The van der Waals surface area contributed by atoms with Crippen molar-refractivity contribution in [1.29, 1.82) is 0 Å². The Bertz CT molecular complexity index is 878. The number of ether oxygens (including phenoxy) is 1. The molecule has 0 unspecified atom stereocenters. The lowest BCUT2D eigenvalue weighted by atomic mass is 10.1. The van der Waals surface area contributed by atoms with E-state index in [2.05, 4.69) is 0 Å². The Balaban J connectivity index is 2.00. The number of rotatable bonds is 7. The van der Waals surface area contributed by atoms with Crippen molar-refractivity contribution in [2.24, 2.45) is 0 Å². The third-order valence-electron chi connectivity index (χ3n) is 4.48. The molecule has 5 heteroatoms. The Labute approximate surface area is 168 Å². The zero-order valence-corrected chi connectivity index (χ0v) is 16.1. The van der Waals surface area contributed by atoms with Crippen molar-refractivity contribution in [2.75, 3.05) is 7.11 Å². The minimum absolute atomic E-state index is 0.150. The van der Waals surface area contributed by atoms with Gasteiger partial charge in [0.15, 0.2) is 0 Å². The number of nitrogens with zero attached hydrogens (tertiary/aromatic N) is 1. The number of hydrogen-bond donors (Lipinski definition) is 0. The maximum absolute atomic E-state index is 14.1. The second kappa shape index (κ2) is 9.32. The number of benzene rings is 3. The Morgan fingerprint density at radius 1 is 0.793 bits per heavy atom. The van der Waals surface area contributed by atoms with E-state index in [4.69, 9.17) is 4.74 Å². The number of allylic oxidation sites excluding steroid dienone is 1. The van der Waals surface area contributed by atoms with Crippen LogP contribution in [0.2, 0.25) is 0 Å². The molecule has 0 heterocycles. The quantitative estimate of drug-likeness (QED) is 0.464. The highest BCUT2D eigenvalue weighted by Crippen LogP contribution is 2.33. The summed E-state index contributed by atoms with van der Waals surface area (Å²) in [6.45, 7) is 0.300. The van der Waals surface area contributed by atoms with Gasteiger partial charge in [-0.15, -0.1) is 0 Å². The summed E-state index contributed by atoms with van der Waals surface area (Å²) in [5.41, 5.74) is 1.40. The second-order valence-corrected chi connectivity index (χ2v) is 6.63. The van der Waals surface area contributed by atoms with E-state index in [0.717, 1.165) is 11.1 Å². The van der Waals surface area contributed by atoms with Gasteiger partial charge < -0.3 is 9.64 Å². The molecule has 0 fully saturated rings. The molecule has 0 aliphatic heterocycles. The predicted molar refractivity (Wildman–Crippen MR) is 109 cm³/mol. The van der Waals surface area contributed by atoms with Crippen molar-refractivity contribution >= 4 is 6.08 Å². The first-order valence-corrected chi connectivity index (χ1v) is 9.21. The molecular weight excluding hydrogens is 375 g/mol. The molecule has 0 aliphatic carbocycles. The number of methoxy groups -OCH3 is 1. The first kappa shape index (κ1) is 20.5. The number of halogens is 3. The molecule has 0 N–H and O–H groups in total. The highest BCUT2D eigenvalue weighted by atomic mass is 19.4. The lowest BCUT2D eigenvalue weighted by molar-refractivity contribution is -0.112. The zero-order chi connectivity index (χ0) is 20.7. The van der Waals surface area contributed by atoms with Crippen LogP contribution in [0.5, 0.6) is 5.75 Å². The number of hydrogen-bond acceptors (Lipinski definition) is 2. The Morgan fingerprint density at radius 3 is 1.69 bits per heavy atom. The van der Waals surface area contributed by atoms with Crippen molar-refractivity contribution < 1.29 is 17.9 Å². The van der Waals surface area contributed by atoms with E-state index in [9.17, 15) is 13.2 Å². The predicted octanol–water partition coefficient (Wildman–Crippen LogP) is 6.30. The molecule has 3 aromatic carbocycles. The third kappa shape index (κ3) is 5.88. The summed E-state index contributed by atoms with van der Waals surface area (Å²) >= 11 is 0. The molecule has 2 nitrogen and oxygen atoms in total.